The number of rotatable bonds is 1. The summed E-state index contributed by atoms with van der Waals surface area (Å²) >= 11 is 0. The molecule has 1 rings (SSSR count). The van der Waals surface area contributed by atoms with E-state index in [0.29, 0.717) is 4.48 Å². The maximum absolute atomic E-state index is 9.80. The van der Waals surface area contributed by atoms with Crippen LogP contribution in [0.25, 0.3) is 0 Å². The SMILES string of the molecule is C[N+](C)(C)C=O.[CH]1C=CC=C1. The smallest absolute Gasteiger partial charge is 0.270 e. The predicted octanol–water partition coefficient (Wildman–Crippen LogP) is 1.17. The van der Waals surface area contributed by atoms with Crippen molar-refractivity contribution in [1.29, 1.82) is 0 Å². The van der Waals surface area contributed by atoms with Crippen LogP contribution in [0.3, 0.4) is 0 Å². The van der Waals surface area contributed by atoms with E-state index in [9.17, 15) is 4.79 Å². The van der Waals surface area contributed by atoms with Crippen LogP contribution in [0.4, 0.5) is 0 Å². The quantitative estimate of drug-likeness (QED) is 0.408. The van der Waals surface area contributed by atoms with Crippen LogP contribution >= 0.6 is 0 Å². The van der Waals surface area contributed by atoms with E-state index in [-0.39, 0.29) is 0 Å². The van der Waals surface area contributed by atoms with Crippen LogP contribution in [-0.2, 0) is 4.79 Å². The topological polar surface area (TPSA) is 17.1 Å². The van der Waals surface area contributed by atoms with Crippen molar-refractivity contribution in [2.75, 3.05) is 21.1 Å². The van der Waals surface area contributed by atoms with Crippen LogP contribution in [0.2, 0.25) is 0 Å². The van der Waals surface area contributed by atoms with Gasteiger partial charge in [-0.2, -0.15) is 0 Å². The highest BCUT2D eigenvalue weighted by Crippen LogP contribution is 1.91. The van der Waals surface area contributed by atoms with Gasteiger partial charge in [0.2, 0.25) is 0 Å². The average molecular weight is 153 g/mol. The molecule has 1 aliphatic carbocycles. The van der Waals surface area contributed by atoms with Gasteiger partial charge in [-0.25, -0.2) is 4.79 Å². The third-order valence-corrected chi connectivity index (χ3v) is 0.872. The standard InChI is InChI=1S/C5H5.C4H10NO/c1-2-4-5-3-1;1-5(2,3)4-6/h1-5H;4H,1-3H3/q;+1. The summed E-state index contributed by atoms with van der Waals surface area (Å²) in [4.78, 5) is 9.80. The highest BCUT2D eigenvalue weighted by atomic mass is 16.1. The van der Waals surface area contributed by atoms with E-state index < -0.39 is 0 Å². The number of amides is 1. The van der Waals surface area contributed by atoms with Gasteiger partial charge in [-0.1, -0.05) is 24.3 Å². The van der Waals surface area contributed by atoms with Crippen molar-refractivity contribution in [3.8, 4) is 0 Å². The molecule has 0 unspecified atom stereocenters. The maximum Gasteiger partial charge on any atom is 0.300 e. The first kappa shape index (κ1) is 10.1. The van der Waals surface area contributed by atoms with E-state index in [0.717, 1.165) is 6.41 Å². The van der Waals surface area contributed by atoms with Gasteiger partial charge in [0.25, 0.3) is 0 Å². The zero-order valence-corrected chi connectivity index (χ0v) is 7.32. The largest absolute Gasteiger partial charge is 0.300 e. The summed E-state index contributed by atoms with van der Waals surface area (Å²) in [5.74, 6) is 0. The molecule has 0 saturated heterocycles. The third kappa shape index (κ3) is 9.11. The second-order valence-electron chi connectivity index (χ2n) is 3.18. The Labute approximate surface area is 68.4 Å². The summed E-state index contributed by atoms with van der Waals surface area (Å²) in [5.41, 5.74) is 0. The van der Waals surface area contributed by atoms with Crippen LogP contribution < -0.4 is 0 Å². The van der Waals surface area contributed by atoms with Crippen LogP contribution in [0.1, 0.15) is 0 Å². The summed E-state index contributed by atoms with van der Waals surface area (Å²) in [6, 6.07) is 0. The van der Waals surface area contributed by atoms with Crippen molar-refractivity contribution in [2.24, 2.45) is 0 Å². The molecule has 0 aromatic carbocycles. The zero-order valence-electron chi connectivity index (χ0n) is 7.32. The molecule has 2 nitrogen and oxygen atoms in total. The van der Waals surface area contributed by atoms with Crippen molar-refractivity contribution in [1.82, 2.24) is 0 Å². The first-order valence-corrected chi connectivity index (χ1v) is 3.50. The van der Waals surface area contributed by atoms with Crippen molar-refractivity contribution < 1.29 is 9.28 Å². The highest BCUT2D eigenvalue weighted by Gasteiger charge is 1.99. The Bertz CT molecular complexity index is 153. The number of carbonyl (C=O) groups is 1. The molecule has 0 saturated carbocycles. The highest BCUT2D eigenvalue weighted by molar-refractivity contribution is 5.35. The normalized spacial score (nSPS) is 14.1. The Morgan fingerprint density at radius 1 is 1.00 bits per heavy atom. The average Bonchev–Trinajstić information content (AvgIpc) is 2.41. The van der Waals surface area contributed by atoms with Crippen LogP contribution in [0, 0.1) is 6.42 Å². The van der Waals surface area contributed by atoms with Gasteiger partial charge in [0.1, 0.15) is 0 Å². The summed E-state index contributed by atoms with van der Waals surface area (Å²) in [7, 11) is 5.44. The van der Waals surface area contributed by atoms with Gasteiger partial charge in [-0.05, 0) is 0 Å². The fraction of sp³-hybridized carbons (Fsp3) is 0.333. The molecule has 0 N–H and O–H groups in total. The molecule has 11 heavy (non-hydrogen) atoms. The maximum atomic E-state index is 9.80. The molecule has 0 bridgehead atoms. The Morgan fingerprint density at radius 3 is 1.45 bits per heavy atom. The van der Waals surface area contributed by atoms with Crippen molar-refractivity contribution in [3.63, 3.8) is 0 Å². The summed E-state index contributed by atoms with van der Waals surface area (Å²) < 4.78 is 0.389. The summed E-state index contributed by atoms with van der Waals surface area (Å²) in [6.45, 7) is 0. The lowest BCUT2D eigenvalue weighted by Gasteiger charge is -2.11. The minimum absolute atomic E-state index is 0.389. The predicted molar refractivity (Wildman–Crippen MR) is 46.7 cm³/mol. The van der Waals surface area contributed by atoms with E-state index in [2.05, 4.69) is 0 Å². The minimum Gasteiger partial charge on any atom is -0.270 e. The molecule has 0 spiro atoms. The number of nitrogens with zero attached hydrogens (tertiary/aromatic N) is 1. The molecule has 1 radical (unpaired) electrons. The van der Waals surface area contributed by atoms with Crippen molar-refractivity contribution >= 4 is 6.41 Å². The molecular weight excluding hydrogens is 138 g/mol. The van der Waals surface area contributed by atoms with Gasteiger partial charge in [0.05, 0.1) is 21.1 Å². The van der Waals surface area contributed by atoms with E-state index in [1.807, 2.05) is 51.9 Å². The second kappa shape index (κ2) is 4.85. The molecule has 1 amide bonds. The van der Waals surface area contributed by atoms with Crippen LogP contribution in [0.15, 0.2) is 24.3 Å². The first-order chi connectivity index (χ1) is 5.06. The van der Waals surface area contributed by atoms with Crippen LogP contribution in [0.5, 0.6) is 0 Å². The first-order valence-electron chi connectivity index (χ1n) is 3.50. The Balaban J connectivity index is 0.000000183. The van der Waals surface area contributed by atoms with Crippen LogP contribution in [-0.4, -0.2) is 32.0 Å². The van der Waals surface area contributed by atoms with Crippen molar-refractivity contribution in [2.45, 2.75) is 0 Å². The third-order valence-electron chi connectivity index (χ3n) is 0.872. The van der Waals surface area contributed by atoms with Gasteiger partial charge in [0, 0.05) is 6.42 Å². The lowest BCUT2D eigenvalue weighted by atomic mass is 10.5. The molecule has 0 heterocycles. The second-order valence-corrected chi connectivity index (χ2v) is 3.18. The fourth-order valence-corrected chi connectivity index (χ4v) is 0.321. The molecule has 2 heteroatoms. The molecular formula is C9H15NO+. The Hall–Kier alpha value is -0.890. The number of allylic oxidation sites excluding steroid dienone is 4. The molecule has 0 fully saturated rings. The van der Waals surface area contributed by atoms with Gasteiger partial charge in [-0.15, -0.1) is 0 Å². The van der Waals surface area contributed by atoms with Gasteiger partial charge < -0.3 is 0 Å². The molecule has 0 atom stereocenters. The zero-order chi connectivity index (χ0) is 8.74. The van der Waals surface area contributed by atoms with E-state index >= 15 is 0 Å². The summed E-state index contributed by atoms with van der Waals surface area (Å²) in [5, 5.41) is 0. The molecule has 0 aromatic heterocycles. The van der Waals surface area contributed by atoms with E-state index in [4.69, 9.17) is 0 Å². The Kier molecular flexibility index (Phi) is 4.46. The number of hydrogen-bond donors (Lipinski definition) is 0. The van der Waals surface area contributed by atoms with Gasteiger partial charge in [0.15, 0.2) is 0 Å². The van der Waals surface area contributed by atoms with Gasteiger partial charge in [-0.3, -0.25) is 4.48 Å². The van der Waals surface area contributed by atoms with E-state index in [1.54, 1.807) is 0 Å². The van der Waals surface area contributed by atoms with Gasteiger partial charge >= 0.3 is 6.41 Å². The Morgan fingerprint density at radius 2 is 1.36 bits per heavy atom. The molecule has 0 aliphatic heterocycles. The monoisotopic (exact) mass is 153 g/mol. The molecule has 61 valence electrons. The van der Waals surface area contributed by atoms with Crippen molar-refractivity contribution in [3.05, 3.63) is 30.7 Å². The molecule has 0 aromatic rings. The number of hydrogen-bond acceptors (Lipinski definition) is 1. The number of quaternary nitrogens is 1. The molecule has 1 aliphatic rings. The number of carbonyl (C=O) groups excluding carboxylic acids is 1. The van der Waals surface area contributed by atoms with E-state index in [1.165, 1.54) is 0 Å². The lowest BCUT2D eigenvalue weighted by Crippen LogP contribution is -2.31. The summed E-state index contributed by atoms with van der Waals surface area (Å²) in [6.07, 6.45) is 10.9. The minimum atomic E-state index is 0.389. The lowest BCUT2D eigenvalue weighted by molar-refractivity contribution is -0.782. The fourth-order valence-electron chi connectivity index (χ4n) is 0.321.